The van der Waals surface area contributed by atoms with Gasteiger partial charge in [-0.1, -0.05) is 12.1 Å². The third kappa shape index (κ3) is 2.48. The zero-order valence-electron chi connectivity index (χ0n) is 10.3. The van der Waals surface area contributed by atoms with Gasteiger partial charge in [-0.05, 0) is 13.2 Å². The van der Waals surface area contributed by atoms with Crippen LogP contribution in [0.5, 0.6) is 0 Å². The van der Waals surface area contributed by atoms with Gasteiger partial charge in [0.15, 0.2) is 0 Å². The van der Waals surface area contributed by atoms with Gasteiger partial charge in [0.2, 0.25) is 5.90 Å². The van der Waals surface area contributed by atoms with Crippen molar-refractivity contribution < 1.29 is 9.66 Å². The maximum Gasteiger partial charge on any atom is 0.282 e. The first kappa shape index (κ1) is 12.9. The summed E-state index contributed by atoms with van der Waals surface area (Å²) in [5, 5.41) is 11.0. The fourth-order valence-electron chi connectivity index (χ4n) is 1.90. The van der Waals surface area contributed by atoms with Crippen LogP contribution in [-0.4, -0.2) is 28.9 Å². The standard InChI is InChI=1S/C12H14N2O3S/c1-8(7-18-2)13-12-11-9(6-17-12)4-3-5-10(11)14(15)16/h3-5,8H,6-7H2,1-2H3. The molecule has 0 bridgehead atoms. The highest BCUT2D eigenvalue weighted by molar-refractivity contribution is 7.98. The molecule has 5 nitrogen and oxygen atoms in total. The van der Waals surface area contributed by atoms with Gasteiger partial charge in [0.05, 0.1) is 11.0 Å². The summed E-state index contributed by atoms with van der Waals surface area (Å²) < 4.78 is 5.47. The molecule has 0 aromatic heterocycles. The van der Waals surface area contributed by atoms with E-state index in [1.807, 2.05) is 19.2 Å². The normalized spacial score (nSPS) is 17.3. The van der Waals surface area contributed by atoms with Gasteiger partial charge in [-0.15, -0.1) is 0 Å². The molecular weight excluding hydrogens is 252 g/mol. The number of nitrogens with zero attached hydrogens (tertiary/aromatic N) is 2. The van der Waals surface area contributed by atoms with Crippen molar-refractivity contribution in [2.45, 2.75) is 19.6 Å². The van der Waals surface area contributed by atoms with Gasteiger partial charge in [0.1, 0.15) is 12.2 Å². The Morgan fingerprint density at radius 2 is 2.39 bits per heavy atom. The number of aliphatic imine (C=N–C) groups is 1. The number of nitro groups is 1. The second kappa shape index (κ2) is 5.39. The summed E-state index contributed by atoms with van der Waals surface area (Å²) in [5.74, 6) is 1.27. The van der Waals surface area contributed by atoms with E-state index >= 15 is 0 Å². The number of benzene rings is 1. The van der Waals surface area contributed by atoms with Crippen molar-refractivity contribution in [3.63, 3.8) is 0 Å². The van der Waals surface area contributed by atoms with Crippen LogP contribution in [-0.2, 0) is 11.3 Å². The van der Waals surface area contributed by atoms with E-state index in [4.69, 9.17) is 4.74 Å². The smallest absolute Gasteiger partial charge is 0.282 e. The van der Waals surface area contributed by atoms with Gasteiger partial charge in [-0.2, -0.15) is 11.8 Å². The van der Waals surface area contributed by atoms with E-state index in [9.17, 15) is 10.1 Å². The lowest BCUT2D eigenvalue weighted by molar-refractivity contribution is -0.385. The van der Waals surface area contributed by atoms with Crippen LogP contribution in [0.2, 0.25) is 0 Å². The molecule has 0 aliphatic carbocycles. The number of hydrogen-bond acceptors (Lipinski definition) is 5. The average molecular weight is 266 g/mol. The maximum absolute atomic E-state index is 11.0. The molecule has 1 aromatic carbocycles. The summed E-state index contributed by atoms with van der Waals surface area (Å²) >= 11 is 1.69. The Kier molecular flexibility index (Phi) is 3.86. The molecule has 96 valence electrons. The van der Waals surface area contributed by atoms with Crippen molar-refractivity contribution in [3.05, 3.63) is 39.4 Å². The molecule has 1 aliphatic rings. The van der Waals surface area contributed by atoms with Crippen LogP contribution in [0, 0.1) is 10.1 Å². The number of hydrogen-bond donors (Lipinski definition) is 0. The Hall–Kier alpha value is -1.56. The Balaban J connectivity index is 2.40. The maximum atomic E-state index is 11.0. The SMILES string of the molecule is CSCC(C)N=C1OCc2cccc([N+](=O)[O-])c21. The quantitative estimate of drug-likeness (QED) is 0.620. The summed E-state index contributed by atoms with van der Waals surface area (Å²) in [7, 11) is 0. The van der Waals surface area contributed by atoms with E-state index in [0.29, 0.717) is 18.1 Å². The Bertz CT molecular complexity index is 502. The molecule has 1 unspecified atom stereocenters. The van der Waals surface area contributed by atoms with Crippen LogP contribution < -0.4 is 0 Å². The lowest BCUT2D eigenvalue weighted by atomic mass is 10.1. The van der Waals surface area contributed by atoms with Crippen molar-refractivity contribution in [1.82, 2.24) is 0 Å². The third-order valence-corrected chi connectivity index (χ3v) is 3.46. The molecular formula is C12H14N2O3S. The van der Waals surface area contributed by atoms with Crippen molar-refractivity contribution in [2.75, 3.05) is 12.0 Å². The molecule has 18 heavy (non-hydrogen) atoms. The number of nitro benzene ring substituents is 1. The predicted molar refractivity (Wildman–Crippen MR) is 72.3 cm³/mol. The van der Waals surface area contributed by atoms with Crippen molar-refractivity contribution in [3.8, 4) is 0 Å². The van der Waals surface area contributed by atoms with E-state index in [-0.39, 0.29) is 16.7 Å². The monoisotopic (exact) mass is 266 g/mol. The molecule has 0 saturated carbocycles. The van der Waals surface area contributed by atoms with Gasteiger partial charge >= 0.3 is 0 Å². The lowest BCUT2D eigenvalue weighted by Gasteiger charge is -2.06. The fourth-order valence-corrected chi connectivity index (χ4v) is 2.46. The lowest BCUT2D eigenvalue weighted by Crippen LogP contribution is -2.09. The minimum absolute atomic E-state index is 0.0695. The molecule has 1 heterocycles. The molecule has 1 aliphatic heterocycles. The molecule has 0 radical (unpaired) electrons. The first-order valence-corrected chi connectivity index (χ1v) is 6.99. The number of rotatable bonds is 4. The fraction of sp³-hybridized carbons (Fsp3) is 0.417. The van der Waals surface area contributed by atoms with Crippen LogP contribution in [0.1, 0.15) is 18.1 Å². The minimum Gasteiger partial charge on any atom is -0.472 e. The van der Waals surface area contributed by atoms with Crippen molar-refractivity contribution in [1.29, 1.82) is 0 Å². The van der Waals surface area contributed by atoms with Gasteiger partial charge < -0.3 is 4.74 Å². The summed E-state index contributed by atoms with van der Waals surface area (Å²) in [4.78, 5) is 15.0. The van der Waals surface area contributed by atoms with Crippen molar-refractivity contribution >= 4 is 23.3 Å². The summed E-state index contributed by atoms with van der Waals surface area (Å²) in [6, 6.07) is 5.08. The van der Waals surface area contributed by atoms with E-state index in [0.717, 1.165) is 11.3 Å². The first-order chi connectivity index (χ1) is 8.63. The third-order valence-electron chi connectivity index (χ3n) is 2.65. The largest absolute Gasteiger partial charge is 0.472 e. The summed E-state index contributed by atoms with van der Waals surface area (Å²) in [5.41, 5.74) is 1.44. The molecule has 0 N–H and O–H groups in total. The van der Waals surface area contributed by atoms with Crippen LogP contribution in [0.15, 0.2) is 23.2 Å². The van der Waals surface area contributed by atoms with Crippen LogP contribution in [0.4, 0.5) is 5.69 Å². The van der Waals surface area contributed by atoms with Crippen LogP contribution in [0.3, 0.4) is 0 Å². The van der Waals surface area contributed by atoms with Crippen molar-refractivity contribution in [2.24, 2.45) is 4.99 Å². The Morgan fingerprint density at radius 1 is 1.61 bits per heavy atom. The van der Waals surface area contributed by atoms with E-state index in [2.05, 4.69) is 4.99 Å². The number of ether oxygens (including phenoxy) is 1. The molecule has 2 rings (SSSR count). The molecule has 0 amide bonds. The second-order valence-corrected chi connectivity index (χ2v) is 5.01. The van der Waals surface area contributed by atoms with Crippen LogP contribution in [0.25, 0.3) is 0 Å². The predicted octanol–water partition coefficient (Wildman–Crippen LogP) is 2.62. The first-order valence-electron chi connectivity index (χ1n) is 5.59. The van der Waals surface area contributed by atoms with Gasteiger partial charge in [0, 0.05) is 17.4 Å². The Labute approximate surface area is 109 Å². The van der Waals surface area contributed by atoms with E-state index in [1.54, 1.807) is 17.8 Å². The highest BCUT2D eigenvalue weighted by atomic mass is 32.2. The van der Waals surface area contributed by atoms with Crippen LogP contribution >= 0.6 is 11.8 Å². The van der Waals surface area contributed by atoms with Gasteiger partial charge in [0.25, 0.3) is 5.69 Å². The van der Waals surface area contributed by atoms with E-state index < -0.39 is 0 Å². The van der Waals surface area contributed by atoms with E-state index in [1.165, 1.54) is 6.07 Å². The van der Waals surface area contributed by atoms with Gasteiger partial charge in [-0.3, -0.25) is 10.1 Å². The molecule has 0 saturated heterocycles. The molecule has 1 atom stereocenters. The zero-order chi connectivity index (χ0) is 13.1. The number of fused-ring (bicyclic) bond motifs is 1. The molecule has 6 heteroatoms. The summed E-state index contributed by atoms with van der Waals surface area (Å²) in [6.45, 7) is 2.33. The summed E-state index contributed by atoms with van der Waals surface area (Å²) in [6.07, 6.45) is 2.00. The second-order valence-electron chi connectivity index (χ2n) is 4.10. The molecule has 1 aromatic rings. The average Bonchev–Trinajstić information content (AvgIpc) is 2.72. The molecule has 0 fully saturated rings. The topological polar surface area (TPSA) is 64.7 Å². The highest BCUT2D eigenvalue weighted by Crippen LogP contribution is 2.29. The van der Waals surface area contributed by atoms with Gasteiger partial charge in [-0.25, -0.2) is 4.99 Å². The highest BCUT2D eigenvalue weighted by Gasteiger charge is 2.29. The minimum atomic E-state index is -0.387. The Morgan fingerprint density at radius 3 is 3.06 bits per heavy atom. The number of thioether (sulfide) groups is 1. The molecule has 0 spiro atoms. The zero-order valence-corrected chi connectivity index (χ0v) is 11.1.